The fourth-order valence-corrected chi connectivity index (χ4v) is 2.09. The molecule has 1 aliphatic carbocycles. The number of rotatable bonds is 4. The summed E-state index contributed by atoms with van der Waals surface area (Å²) >= 11 is 0. The zero-order valence-electron chi connectivity index (χ0n) is 11.6. The Hall–Kier alpha value is -1.91. The summed E-state index contributed by atoms with van der Waals surface area (Å²) in [7, 11) is 0. The zero-order valence-corrected chi connectivity index (χ0v) is 11.6. The van der Waals surface area contributed by atoms with Gasteiger partial charge in [-0.3, -0.25) is 4.79 Å². The van der Waals surface area contributed by atoms with Crippen molar-refractivity contribution >= 4 is 11.6 Å². The van der Waals surface area contributed by atoms with Crippen LogP contribution in [0, 0.1) is 11.7 Å². The van der Waals surface area contributed by atoms with Crippen LogP contribution in [-0.2, 0) is 4.79 Å². The number of hydrogen-bond acceptors (Lipinski definition) is 3. The van der Waals surface area contributed by atoms with Gasteiger partial charge in [-0.1, -0.05) is 13.0 Å². The highest BCUT2D eigenvalue weighted by molar-refractivity contribution is 5.87. The van der Waals surface area contributed by atoms with E-state index >= 15 is 0 Å². The molecule has 0 saturated heterocycles. The quantitative estimate of drug-likeness (QED) is 0.861. The standard InChI is InChI=1S/C15H19FN2O2/c1-11-5-7-13(8-6-11)17-18-15(19)10-20-14-4-2-3-12(16)9-14/h2-4,9,11H,5-8,10H2,1H3,(H,18,19). The van der Waals surface area contributed by atoms with E-state index in [1.807, 2.05) is 0 Å². The Balaban J connectivity index is 1.74. The molecule has 0 atom stereocenters. The molecule has 108 valence electrons. The van der Waals surface area contributed by atoms with Gasteiger partial charge in [-0.05, 0) is 43.7 Å². The van der Waals surface area contributed by atoms with Gasteiger partial charge in [0, 0.05) is 11.8 Å². The number of ether oxygens (including phenoxy) is 1. The Morgan fingerprint density at radius 1 is 1.45 bits per heavy atom. The summed E-state index contributed by atoms with van der Waals surface area (Å²) in [4.78, 5) is 11.6. The van der Waals surface area contributed by atoms with E-state index in [0.717, 1.165) is 37.3 Å². The molecule has 1 N–H and O–H groups in total. The Morgan fingerprint density at radius 2 is 2.20 bits per heavy atom. The Bertz CT molecular complexity index is 492. The second kappa shape index (κ2) is 7.03. The van der Waals surface area contributed by atoms with Gasteiger partial charge in [0.15, 0.2) is 6.61 Å². The minimum absolute atomic E-state index is 0.170. The highest BCUT2D eigenvalue weighted by atomic mass is 19.1. The molecule has 0 radical (unpaired) electrons. The van der Waals surface area contributed by atoms with Gasteiger partial charge in [0.2, 0.25) is 0 Å². The SMILES string of the molecule is CC1CCC(=NNC(=O)COc2cccc(F)c2)CC1. The number of nitrogens with one attached hydrogen (secondary N) is 1. The van der Waals surface area contributed by atoms with E-state index in [4.69, 9.17) is 4.74 Å². The number of carbonyl (C=O) groups is 1. The molecule has 4 nitrogen and oxygen atoms in total. The average Bonchev–Trinajstić information content (AvgIpc) is 2.45. The molecule has 1 aromatic rings. The minimum atomic E-state index is -0.389. The summed E-state index contributed by atoms with van der Waals surface area (Å²) < 4.78 is 18.1. The van der Waals surface area contributed by atoms with Crippen molar-refractivity contribution in [3.05, 3.63) is 30.1 Å². The third-order valence-electron chi connectivity index (χ3n) is 3.36. The summed E-state index contributed by atoms with van der Waals surface area (Å²) in [5, 5.41) is 4.11. The first-order valence-corrected chi connectivity index (χ1v) is 6.86. The zero-order chi connectivity index (χ0) is 14.4. The minimum Gasteiger partial charge on any atom is -0.484 e. The van der Waals surface area contributed by atoms with Crippen LogP contribution in [-0.4, -0.2) is 18.2 Å². The maximum Gasteiger partial charge on any atom is 0.277 e. The largest absolute Gasteiger partial charge is 0.484 e. The first kappa shape index (κ1) is 14.5. The van der Waals surface area contributed by atoms with Crippen LogP contribution in [0.5, 0.6) is 5.75 Å². The van der Waals surface area contributed by atoms with Gasteiger partial charge in [-0.25, -0.2) is 9.82 Å². The lowest BCUT2D eigenvalue weighted by molar-refractivity contribution is -0.123. The van der Waals surface area contributed by atoms with Crippen molar-refractivity contribution in [1.82, 2.24) is 5.43 Å². The highest BCUT2D eigenvalue weighted by Crippen LogP contribution is 2.20. The molecule has 1 aliphatic rings. The van der Waals surface area contributed by atoms with Gasteiger partial charge in [-0.2, -0.15) is 5.10 Å². The van der Waals surface area contributed by atoms with E-state index in [1.165, 1.54) is 18.2 Å². The first-order valence-electron chi connectivity index (χ1n) is 6.86. The van der Waals surface area contributed by atoms with Crippen LogP contribution >= 0.6 is 0 Å². The number of halogens is 1. The van der Waals surface area contributed by atoms with E-state index < -0.39 is 0 Å². The number of benzene rings is 1. The van der Waals surface area contributed by atoms with Crippen LogP contribution in [0.4, 0.5) is 4.39 Å². The van der Waals surface area contributed by atoms with E-state index in [0.29, 0.717) is 5.75 Å². The van der Waals surface area contributed by atoms with Gasteiger partial charge in [-0.15, -0.1) is 0 Å². The molecule has 0 aliphatic heterocycles. The van der Waals surface area contributed by atoms with Gasteiger partial charge in [0.25, 0.3) is 5.91 Å². The lowest BCUT2D eigenvalue weighted by Gasteiger charge is -2.18. The molecule has 1 aromatic carbocycles. The third-order valence-corrected chi connectivity index (χ3v) is 3.36. The molecule has 1 saturated carbocycles. The summed E-state index contributed by atoms with van der Waals surface area (Å²) in [6.45, 7) is 2.05. The van der Waals surface area contributed by atoms with Crippen molar-refractivity contribution in [3.8, 4) is 5.75 Å². The molecule has 0 heterocycles. The van der Waals surface area contributed by atoms with Crippen molar-refractivity contribution in [1.29, 1.82) is 0 Å². The maximum atomic E-state index is 12.9. The van der Waals surface area contributed by atoms with Crippen molar-refractivity contribution in [3.63, 3.8) is 0 Å². The summed E-state index contributed by atoms with van der Waals surface area (Å²) in [5.41, 5.74) is 3.51. The lowest BCUT2D eigenvalue weighted by atomic mass is 9.90. The molecule has 0 aromatic heterocycles. The summed E-state index contributed by atoms with van der Waals surface area (Å²) in [6.07, 6.45) is 4.11. The predicted molar refractivity (Wildman–Crippen MR) is 75.1 cm³/mol. The van der Waals surface area contributed by atoms with Gasteiger partial charge in [0.05, 0.1) is 0 Å². The van der Waals surface area contributed by atoms with Crippen LogP contribution in [0.1, 0.15) is 32.6 Å². The molecule has 5 heteroatoms. The van der Waals surface area contributed by atoms with Crippen LogP contribution in [0.25, 0.3) is 0 Å². The molecular formula is C15H19FN2O2. The maximum absolute atomic E-state index is 12.9. The topological polar surface area (TPSA) is 50.7 Å². The second-order valence-corrected chi connectivity index (χ2v) is 5.14. The van der Waals surface area contributed by atoms with Crippen LogP contribution in [0.3, 0.4) is 0 Å². The first-order chi connectivity index (χ1) is 9.63. The number of nitrogens with zero attached hydrogens (tertiary/aromatic N) is 1. The third kappa shape index (κ3) is 4.64. The smallest absolute Gasteiger partial charge is 0.277 e. The van der Waals surface area contributed by atoms with Gasteiger partial charge < -0.3 is 4.74 Å². The number of hydrazone groups is 1. The van der Waals surface area contributed by atoms with E-state index in [2.05, 4.69) is 17.5 Å². The normalized spacial score (nSPS) is 18.5. The average molecular weight is 278 g/mol. The summed E-state index contributed by atoms with van der Waals surface area (Å²) in [5.74, 6) is 0.347. The molecule has 20 heavy (non-hydrogen) atoms. The van der Waals surface area contributed by atoms with Gasteiger partial charge >= 0.3 is 0 Å². The highest BCUT2D eigenvalue weighted by Gasteiger charge is 2.13. The second-order valence-electron chi connectivity index (χ2n) is 5.14. The Kier molecular flexibility index (Phi) is 5.09. The molecule has 1 fully saturated rings. The van der Waals surface area contributed by atoms with Crippen molar-refractivity contribution in [2.45, 2.75) is 32.6 Å². The Morgan fingerprint density at radius 3 is 2.90 bits per heavy atom. The lowest BCUT2D eigenvalue weighted by Crippen LogP contribution is -2.26. The molecular weight excluding hydrogens is 259 g/mol. The molecule has 0 spiro atoms. The molecule has 0 unspecified atom stereocenters. The monoisotopic (exact) mass is 278 g/mol. The molecule has 2 rings (SSSR count). The number of carbonyl (C=O) groups excluding carboxylic acids is 1. The van der Waals surface area contributed by atoms with E-state index in [-0.39, 0.29) is 18.3 Å². The van der Waals surface area contributed by atoms with E-state index in [9.17, 15) is 9.18 Å². The molecule has 0 bridgehead atoms. The number of hydrogen-bond donors (Lipinski definition) is 1. The number of amides is 1. The Labute approximate surface area is 118 Å². The van der Waals surface area contributed by atoms with Crippen LogP contribution in [0.15, 0.2) is 29.4 Å². The fourth-order valence-electron chi connectivity index (χ4n) is 2.09. The van der Waals surface area contributed by atoms with Crippen molar-refractivity contribution in [2.75, 3.05) is 6.61 Å². The van der Waals surface area contributed by atoms with Crippen molar-refractivity contribution < 1.29 is 13.9 Å². The van der Waals surface area contributed by atoms with Crippen molar-refractivity contribution in [2.24, 2.45) is 11.0 Å². The van der Waals surface area contributed by atoms with Crippen LogP contribution in [0.2, 0.25) is 0 Å². The predicted octanol–water partition coefficient (Wildman–Crippen LogP) is 2.89. The fraction of sp³-hybridized carbons (Fsp3) is 0.467. The summed E-state index contributed by atoms with van der Waals surface area (Å²) in [6, 6.07) is 5.70. The van der Waals surface area contributed by atoms with Gasteiger partial charge in [0.1, 0.15) is 11.6 Å². The molecule has 1 amide bonds. The van der Waals surface area contributed by atoms with E-state index in [1.54, 1.807) is 6.07 Å². The van der Waals surface area contributed by atoms with Crippen LogP contribution < -0.4 is 10.2 Å².